The molecule has 1 atom stereocenters. The number of aromatic nitrogens is 1. The molecule has 1 amide bonds. The van der Waals surface area contributed by atoms with Crippen molar-refractivity contribution in [2.45, 2.75) is 32.7 Å². The van der Waals surface area contributed by atoms with Crippen LogP contribution in [0.4, 0.5) is 0 Å². The molecule has 0 bridgehead atoms. The molecule has 16 heavy (non-hydrogen) atoms. The molecule has 2 N–H and O–H groups in total. The monoisotopic (exact) mass is 220 g/mol. The number of nitrogens with one attached hydrogen (secondary N) is 2. The quantitative estimate of drug-likeness (QED) is 0.804. The van der Waals surface area contributed by atoms with Crippen LogP contribution < -0.4 is 10.9 Å². The van der Waals surface area contributed by atoms with Crippen molar-refractivity contribution >= 4 is 5.91 Å². The van der Waals surface area contributed by atoms with Crippen LogP contribution in [-0.4, -0.2) is 16.9 Å². The number of H-pyrrole nitrogens is 1. The minimum atomic E-state index is -0.319. The summed E-state index contributed by atoms with van der Waals surface area (Å²) in [5.74, 6) is 0.314. The van der Waals surface area contributed by atoms with Gasteiger partial charge in [0.2, 0.25) is 0 Å². The van der Waals surface area contributed by atoms with Gasteiger partial charge in [-0.05, 0) is 44.7 Å². The van der Waals surface area contributed by atoms with Crippen LogP contribution in [0.1, 0.15) is 35.8 Å². The summed E-state index contributed by atoms with van der Waals surface area (Å²) in [5, 5.41) is 2.86. The number of carbonyl (C=O) groups excluding carboxylic acids is 1. The van der Waals surface area contributed by atoms with Gasteiger partial charge >= 0.3 is 0 Å². The fraction of sp³-hybridized carbons (Fsp3) is 0.500. The predicted molar refractivity (Wildman–Crippen MR) is 61.5 cm³/mol. The molecule has 4 heteroatoms. The number of rotatable bonds is 3. The summed E-state index contributed by atoms with van der Waals surface area (Å²) >= 11 is 0. The van der Waals surface area contributed by atoms with Gasteiger partial charge < -0.3 is 10.3 Å². The molecule has 1 heterocycles. The van der Waals surface area contributed by atoms with Gasteiger partial charge in [0.25, 0.3) is 11.5 Å². The molecule has 4 nitrogen and oxygen atoms in total. The highest BCUT2D eigenvalue weighted by atomic mass is 16.2. The number of pyridine rings is 1. The molecule has 2 rings (SSSR count). The van der Waals surface area contributed by atoms with Gasteiger partial charge in [-0.3, -0.25) is 9.59 Å². The van der Waals surface area contributed by atoms with Gasteiger partial charge in [-0.15, -0.1) is 0 Å². The van der Waals surface area contributed by atoms with Crippen LogP contribution in [0.15, 0.2) is 16.9 Å². The first-order chi connectivity index (χ1) is 7.58. The third kappa shape index (κ3) is 2.32. The maximum absolute atomic E-state index is 11.8. The molecule has 1 fully saturated rings. The first-order valence-electron chi connectivity index (χ1n) is 5.58. The first kappa shape index (κ1) is 10.9. The number of hydrogen-bond acceptors (Lipinski definition) is 2. The Morgan fingerprint density at radius 2 is 2.19 bits per heavy atom. The number of hydrogen-bond donors (Lipinski definition) is 2. The Morgan fingerprint density at radius 3 is 2.75 bits per heavy atom. The first-order valence-corrected chi connectivity index (χ1v) is 5.58. The number of aromatic amines is 1. The van der Waals surface area contributed by atoms with Gasteiger partial charge in [0.05, 0.1) is 0 Å². The number of aryl methyl sites for hydroxylation is 1. The van der Waals surface area contributed by atoms with Gasteiger partial charge in [-0.25, -0.2) is 0 Å². The molecular formula is C12H16N2O2. The largest absolute Gasteiger partial charge is 0.349 e. The molecule has 1 saturated carbocycles. The summed E-state index contributed by atoms with van der Waals surface area (Å²) < 4.78 is 0. The second kappa shape index (κ2) is 4.12. The molecule has 0 radical (unpaired) electrons. The van der Waals surface area contributed by atoms with Crippen molar-refractivity contribution in [3.05, 3.63) is 33.7 Å². The molecular weight excluding hydrogens is 204 g/mol. The molecule has 1 aliphatic rings. The number of carbonyl (C=O) groups is 1. The van der Waals surface area contributed by atoms with Crippen LogP contribution in [0, 0.1) is 12.8 Å². The van der Waals surface area contributed by atoms with E-state index in [9.17, 15) is 9.59 Å². The Balaban J connectivity index is 2.11. The Labute approximate surface area is 94.1 Å². The molecule has 0 saturated heterocycles. The van der Waals surface area contributed by atoms with Crippen LogP contribution in [0.25, 0.3) is 0 Å². The van der Waals surface area contributed by atoms with Crippen molar-refractivity contribution in [2.24, 2.45) is 5.92 Å². The zero-order chi connectivity index (χ0) is 11.7. The van der Waals surface area contributed by atoms with E-state index in [1.165, 1.54) is 12.8 Å². The van der Waals surface area contributed by atoms with Crippen molar-refractivity contribution < 1.29 is 4.79 Å². The van der Waals surface area contributed by atoms with E-state index in [2.05, 4.69) is 10.3 Å². The topological polar surface area (TPSA) is 62.0 Å². The van der Waals surface area contributed by atoms with E-state index < -0.39 is 0 Å². The standard InChI is InChI=1S/C12H16N2O2/c1-7-3-6-10(11(15)13-7)12(16)14-8(2)9-4-5-9/h3,6,8-9H,4-5H2,1-2H3,(H,13,15)(H,14,16)/t8-/m0/s1. The van der Waals surface area contributed by atoms with E-state index in [4.69, 9.17) is 0 Å². The molecule has 1 aromatic heterocycles. The molecule has 86 valence electrons. The molecule has 0 aromatic carbocycles. The second-order valence-electron chi connectivity index (χ2n) is 4.48. The molecule has 1 aromatic rings. The van der Waals surface area contributed by atoms with Crippen LogP contribution in [0.5, 0.6) is 0 Å². The lowest BCUT2D eigenvalue weighted by molar-refractivity contribution is 0.0934. The van der Waals surface area contributed by atoms with E-state index in [1.807, 2.05) is 6.92 Å². The van der Waals surface area contributed by atoms with Crippen molar-refractivity contribution in [1.82, 2.24) is 10.3 Å². The second-order valence-corrected chi connectivity index (χ2v) is 4.48. The van der Waals surface area contributed by atoms with E-state index in [0.29, 0.717) is 5.92 Å². The SMILES string of the molecule is Cc1ccc(C(=O)N[C@@H](C)C2CC2)c(=O)[nH]1. The molecule has 1 aliphatic carbocycles. The van der Waals surface area contributed by atoms with Gasteiger partial charge in [0.15, 0.2) is 0 Å². The summed E-state index contributed by atoms with van der Waals surface area (Å²) in [6.45, 7) is 3.77. The normalized spacial score (nSPS) is 16.9. The summed E-state index contributed by atoms with van der Waals surface area (Å²) in [6.07, 6.45) is 2.34. The summed E-state index contributed by atoms with van der Waals surface area (Å²) in [6, 6.07) is 3.47. The van der Waals surface area contributed by atoms with Crippen molar-refractivity contribution in [3.8, 4) is 0 Å². The lowest BCUT2D eigenvalue weighted by Crippen LogP contribution is -2.37. The lowest BCUT2D eigenvalue weighted by Gasteiger charge is -2.12. The van der Waals surface area contributed by atoms with Crippen LogP contribution >= 0.6 is 0 Å². The van der Waals surface area contributed by atoms with Gasteiger partial charge in [0.1, 0.15) is 5.56 Å². The van der Waals surface area contributed by atoms with E-state index in [1.54, 1.807) is 19.1 Å². The minimum Gasteiger partial charge on any atom is -0.349 e. The fourth-order valence-electron chi connectivity index (χ4n) is 1.75. The maximum Gasteiger partial charge on any atom is 0.260 e. The Hall–Kier alpha value is -1.58. The van der Waals surface area contributed by atoms with E-state index >= 15 is 0 Å². The van der Waals surface area contributed by atoms with Crippen molar-refractivity contribution in [2.75, 3.05) is 0 Å². The highest BCUT2D eigenvalue weighted by Crippen LogP contribution is 2.32. The lowest BCUT2D eigenvalue weighted by atomic mass is 10.2. The molecule has 0 unspecified atom stereocenters. The Bertz CT molecular complexity index is 460. The Morgan fingerprint density at radius 1 is 1.50 bits per heavy atom. The van der Waals surface area contributed by atoms with Crippen LogP contribution in [0.3, 0.4) is 0 Å². The van der Waals surface area contributed by atoms with Crippen molar-refractivity contribution in [3.63, 3.8) is 0 Å². The molecule has 0 spiro atoms. The maximum atomic E-state index is 11.8. The van der Waals surface area contributed by atoms with Gasteiger partial charge in [-0.2, -0.15) is 0 Å². The third-order valence-electron chi connectivity index (χ3n) is 2.99. The summed E-state index contributed by atoms with van der Waals surface area (Å²) in [5.41, 5.74) is 0.635. The van der Waals surface area contributed by atoms with E-state index in [-0.39, 0.29) is 23.1 Å². The third-order valence-corrected chi connectivity index (χ3v) is 2.99. The van der Waals surface area contributed by atoms with Crippen LogP contribution in [-0.2, 0) is 0 Å². The van der Waals surface area contributed by atoms with Gasteiger partial charge in [0, 0.05) is 11.7 Å². The predicted octanol–water partition coefficient (Wildman–Crippen LogP) is 1.21. The average molecular weight is 220 g/mol. The van der Waals surface area contributed by atoms with Gasteiger partial charge in [-0.1, -0.05) is 0 Å². The summed E-state index contributed by atoms with van der Waals surface area (Å²) in [4.78, 5) is 25.9. The smallest absolute Gasteiger partial charge is 0.260 e. The highest BCUT2D eigenvalue weighted by molar-refractivity contribution is 5.94. The fourth-order valence-corrected chi connectivity index (χ4v) is 1.75. The van der Waals surface area contributed by atoms with E-state index in [0.717, 1.165) is 5.69 Å². The van der Waals surface area contributed by atoms with Crippen molar-refractivity contribution in [1.29, 1.82) is 0 Å². The summed E-state index contributed by atoms with van der Waals surface area (Å²) in [7, 11) is 0. The Kier molecular flexibility index (Phi) is 2.81. The zero-order valence-electron chi connectivity index (χ0n) is 9.54. The minimum absolute atomic E-state index is 0.160. The van der Waals surface area contributed by atoms with Crippen LogP contribution in [0.2, 0.25) is 0 Å². The number of amides is 1. The zero-order valence-corrected chi connectivity index (χ0v) is 9.54. The highest BCUT2D eigenvalue weighted by Gasteiger charge is 2.29. The molecule has 0 aliphatic heterocycles. The average Bonchev–Trinajstić information content (AvgIpc) is 2.99.